The average Bonchev–Trinajstić information content (AvgIpc) is 3.34. The van der Waals surface area contributed by atoms with E-state index in [1.165, 1.54) is 128 Å². The minimum atomic E-state index is -4.36. The summed E-state index contributed by atoms with van der Waals surface area (Å²) in [4.78, 5) is 23.3. The molecule has 0 fully saturated rings. The number of likely N-dealkylation sites (N-methyl/N-ethyl adjacent to an activating group) is 1. The predicted molar refractivity (Wildman–Crippen MR) is 313 cm³/mol. The number of amides is 1. The first-order valence-electron chi connectivity index (χ1n) is 29.3. The van der Waals surface area contributed by atoms with Crippen LogP contribution in [0.5, 0.6) is 0 Å². The molecule has 0 spiro atoms. The SMILES string of the molecule is CC/C=C\C/C=C\C/C=C\C/C=C\C/C=C\C/C=C\CCCCCCCCCCCCCCCCC(=O)NC(COP(=O)(O)OCC[N+](C)(C)C)C(O)/C=C/CC/C=C/CC/C=C/CCCCCCCCC. The number of aliphatic hydroxyl groups excluding tert-OH is 1. The number of nitrogens with zero attached hydrogens (tertiary/aromatic N) is 1. The first-order chi connectivity index (χ1) is 35.0. The van der Waals surface area contributed by atoms with Gasteiger partial charge in [-0.1, -0.05) is 239 Å². The van der Waals surface area contributed by atoms with Crippen LogP contribution in [-0.4, -0.2) is 73.4 Å². The molecule has 3 unspecified atom stereocenters. The minimum Gasteiger partial charge on any atom is -0.387 e. The van der Waals surface area contributed by atoms with E-state index in [-0.39, 0.29) is 19.1 Å². The number of carbonyl (C=O) groups excluding carboxylic acids is 1. The van der Waals surface area contributed by atoms with E-state index >= 15 is 0 Å². The molecule has 0 aliphatic heterocycles. The molecule has 9 heteroatoms. The normalized spacial score (nSPS) is 14.7. The fourth-order valence-corrected chi connectivity index (χ4v) is 8.64. The number of phosphoric ester groups is 1. The van der Waals surface area contributed by atoms with E-state index in [0.717, 1.165) is 83.5 Å². The summed E-state index contributed by atoms with van der Waals surface area (Å²) in [5, 5.41) is 13.9. The number of allylic oxidation sites excluding steroid dienone is 17. The standard InChI is InChI=1S/C63H111N2O6P/c1-6-8-10-12-14-16-18-20-22-24-25-26-27-28-29-30-31-32-33-34-35-36-37-38-39-41-43-45-47-49-51-53-55-57-63(67)64-61(60-71-72(68,69)70-59-58-65(3,4)5)62(66)56-54-52-50-48-46-44-42-40-23-21-19-17-15-13-11-9-7-2/h8,10,14,16,20,22-23,25-26,28-29,31-32,40,46,48,54,56,61-62,66H,6-7,9,11-13,15,17-19,21,24,27,30,33-39,41-45,47,49-53,55,57-60H2,1-5H3,(H-,64,67,68,69)/p+1/b10-8-,16-14-,22-20-,26-25-,29-28-,32-31-,40-23+,48-46+,56-54+. The van der Waals surface area contributed by atoms with Crippen molar-refractivity contribution < 1.29 is 32.9 Å². The Hall–Kier alpha value is -2.84. The molecule has 414 valence electrons. The van der Waals surface area contributed by atoms with Crippen LogP contribution in [0, 0.1) is 0 Å². The summed E-state index contributed by atoms with van der Waals surface area (Å²) in [5.41, 5.74) is 0. The zero-order chi connectivity index (χ0) is 52.7. The van der Waals surface area contributed by atoms with Crippen LogP contribution < -0.4 is 5.32 Å². The quantitative estimate of drug-likeness (QED) is 0.0243. The first-order valence-corrected chi connectivity index (χ1v) is 30.8. The Morgan fingerprint density at radius 1 is 0.486 bits per heavy atom. The summed E-state index contributed by atoms with van der Waals surface area (Å²) in [7, 11) is 1.54. The van der Waals surface area contributed by atoms with Gasteiger partial charge >= 0.3 is 7.82 Å². The number of carbonyl (C=O) groups is 1. The third-order valence-electron chi connectivity index (χ3n) is 12.5. The van der Waals surface area contributed by atoms with Gasteiger partial charge in [-0.05, 0) is 96.3 Å². The Balaban J connectivity index is 4.18. The molecule has 0 bridgehead atoms. The number of nitrogens with one attached hydrogen (secondary N) is 1. The molecule has 0 aliphatic carbocycles. The number of aliphatic hydroxyl groups is 1. The zero-order valence-corrected chi connectivity index (χ0v) is 48.0. The summed E-state index contributed by atoms with van der Waals surface area (Å²) in [5.74, 6) is -0.195. The van der Waals surface area contributed by atoms with Gasteiger partial charge in [0.1, 0.15) is 13.2 Å². The first kappa shape index (κ1) is 69.2. The molecule has 0 aliphatic rings. The monoisotopic (exact) mass is 1020 g/mol. The van der Waals surface area contributed by atoms with Crippen LogP contribution in [0.2, 0.25) is 0 Å². The number of quaternary nitrogens is 1. The van der Waals surface area contributed by atoms with Crippen molar-refractivity contribution in [3.8, 4) is 0 Å². The Morgan fingerprint density at radius 3 is 1.28 bits per heavy atom. The number of unbranched alkanes of at least 4 members (excludes halogenated alkanes) is 23. The molecule has 1 amide bonds. The Bertz CT molecular complexity index is 1540. The maximum absolute atomic E-state index is 13.0. The third-order valence-corrected chi connectivity index (χ3v) is 13.4. The second-order valence-corrected chi connectivity index (χ2v) is 22.1. The van der Waals surface area contributed by atoms with Crippen molar-refractivity contribution in [1.82, 2.24) is 5.32 Å². The highest BCUT2D eigenvalue weighted by Crippen LogP contribution is 2.43. The molecular formula is C63H112N2O6P+. The zero-order valence-electron chi connectivity index (χ0n) is 47.1. The van der Waals surface area contributed by atoms with E-state index in [0.29, 0.717) is 17.4 Å². The van der Waals surface area contributed by atoms with Gasteiger partial charge in [0.05, 0.1) is 39.9 Å². The van der Waals surface area contributed by atoms with Gasteiger partial charge in [-0.2, -0.15) is 0 Å². The molecule has 0 aromatic heterocycles. The van der Waals surface area contributed by atoms with E-state index in [9.17, 15) is 19.4 Å². The number of hydrogen-bond donors (Lipinski definition) is 3. The summed E-state index contributed by atoms with van der Waals surface area (Å²) in [6.45, 7) is 4.66. The number of phosphoric acid groups is 1. The Kier molecular flexibility index (Phi) is 50.9. The van der Waals surface area contributed by atoms with Crippen molar-refractivity contribution in [2.45, 2.75) is 244 Å². The van der Waals surface area contributed by atoms with Crippen molar-refractivity contribution in [3.05, 3.63) is 109 Å². The highest BCUT2D eigenvalue weighted by Gasteiger charge is 2.27. The minimum absolute atomic E-state index is 0.0492. The van der Waals surface area contributed by atoms with Gasteiger partial charge in [-0.25, -0.2) is 4.57 Å². The van der Waals surface area contributed by atoms with Crippen LogP contribution in [0.15, 0.2) is 109 Å². The number of rotatable bonds is 52. The van der Waals surface area contributed by atoms with Gasteiger partial charge in [0.2, 0.25) is 5.91 Å². The lowest BCUT2D eigenvalue weighted by atomic mass is 10.0. The summed E-state index contributed by atoms with van der Waals surface area (Å²) in [6.07, 6.45) is 77.7. The van der Waals surface area contributed by atoms with Crippen LogP contribution in [0.3, 0.4) is 0 Å². The molecule has 0 saturated heterocycles. The van der Waals surface area contributed by atoms with Crippen LogP contribution in [0.1, 0.15) is 232 Å². The van der Waals surface area contributed by atoms with Crippen molar-refractivity contribution in [1.29, 1.82) is 0 Å². The molecule has 8 nitrogen and oxygen atoms in total. The molecule has 0 radical (unpaired) electrons. The van der Waals surface area contributed by atoms with Gasteiger partial charge in [0.25, 0.3) is 0 Å². The van der Waals surface area contributed by atoms with Gasteiger partial charge < -0.3 is 19.8 Å². The molecule has 3 N–H and O–H groups in total. The maximum Gasteiger partial charge on any atom is 0.472 e. The Labute approximate surface area is 444 Å². The fraction of sp³-hybridized carbons (Fsp3) is 0.698. The highest BCUT2D eigenvalue weighted by atomic mass is 31.2. The average molecular weight is 1020 g/mol. The topological polar surface area (TPSA) is 105 Å². The van der Waals surface area contributed by atoms with E-state index in [4.69, 9.17) is 9.05 Å². The van der Waals surface area contributed by atoms with Crippen molar-refractivity contribution >= 4 is 13.7 Å². The van der Waals surface area contributed by atoms with Gasteiger partial charge in [-0.3, -0.25) is 13.8 Å². The lowest BCUT2D eigenvalue weighted by Crippen LogP contribution is -2.45. The van der Waals surface area contributed by atoms with E-state index in [2.05, 4.69) is 116 Å². The highest BCUT2D eigenvalue weighted by molar-refractivity contribution is 7.47. The summed E-state index contributed by atoms with van der Waals surface area (Å²) < 4.78 is 23.7. The molecule has 0 heterocycles. The van der Waals surface area contributed by atoms with Crippen LogP contribution in [0.4, 0.5) is 0 Å². The summed E-state index contributed by atoms with van der Waals surface area (Å²) in [6, 6.07) is -0.876. The molecule has 0 saturated carbocycles. The largest absolute Gasteiger partial charge is 0.472 e. The lowest BCUT2D eigenvalue weighted by Gasteiger charge is -2.25. The molecule has 3 atom stereocenters. The molecule has 72 heavy (non-hydrogen) atoms. The summed E-state index contributed by atoms with van der Waals surface area (Å²) >= 11 is 0. The van der Waals surface area contributed by atoms with E-state index in [1.807, 2.05) is 27.2 Å². The predicted octanol–water partition coefficient (Wildman–Crippen LogP) is 18.0. The van der Waals surface area contributed by atoms with Gasteiger partial charge in [-0.15, -0.1) is 0 Å². The Morgan fingerprint density at radius 2 is 0.847 bits per heavy atom. The van der Waals surface area contributed by atoms with Gasteiger partial charge in [0, 0.05) is 6.42 Å². The van der Waals surface area contributed by atoms with E-state index < -0.39 is 20.0 Å². The fourth-order valence-electron chi connectivity index (χ4n) is 7.90. The second kappa shape index (κ2) is 53.0. The van der Waals surface area contributed by atoms with Crippen LogP contribution in [-0.2, 0) is 18.4 Å². The van der Waals surface area contributed by atoms with Crippen molar-refractivity contribution in [2.24, 2.45) is 0 Å². The third kappa shape index (κ3) is 54.9. The molecule has 0 aromatic carbocycles. The van der Waals surface area contributed by atoms with E-state index in [1.54, 1.807) is 6.08 Å². The second-order valence-electron chi connectivity index (χ2n) is 20.6. The van der Waals surface area contributed by atoms with Crippen LogP contribution >= 0.6 is 7.82 Å². The lowest BCUT2D eigenvalue weighted by molar-refractivity contribution is -0.870. The van der Waals surface area contributed by atoms with Gasteiger partial charge in [0.15, 0.2) is 0 Å². The molecule has 0 rings (SSSR count). The maximum atomic E-state index is 13.0. The number of hydrogen-bond acceptors (Lipinski definition) is 5. The molecular weight excluding hydrogens is 912 g/mol. The van der Waals surface area contributed by atoms with Crippen molar-refractivity contribution in [3.63, 3.8) is 0 Å². The van der Waals surface area contributed by atoms with Crippen LogP contribution in [0.25, 0.3) is 0 Å². The van der Waals surface area contributed by atoms with Crippen molar-refractivity contribution in [2.75, 3.05) is 40.9 Å². The molecule has 0 aromatic rings. The smallest absolute Gasteiger partial charge is 0.387 e.